The van der Waals surface area contributed by atoms with Gasteiger partial charge in [-0.3, -0.25) is 14.6 Å². The van der Waals surface area contributed by atoms with E-state index in [1.54, 1.807) is 18.2 Å². The van der Waals surface area contributed by atoms with Crippen molar-refractivity contribution < 1.29 is 18.7 Å². The Morgan fingerprint density at radius 3 is 2.32 bits per heavy atom. The fraction of sp³-hybridized carbons (Fsp3) is 0.520. The second kappa shape index (κ2) is 10.9. The van der Waals surface area contributed by atoms with E-state index in [9.17, 15) is 24.6 Å². The lowest BCUT2D eigenvalue weighted by atomic mass is 9.73. The molecule has 2 aromatic carbocycles. The number of aliphatic hydroxyl groups is 1. The number of quaternary nitrogens is 1. The predicted octanol–water partition coefficient (Wildman–Crippen LogP) is 3.69. The van der Waals surface area contributed by atoms with Crippen LogP contribution in [0.1, 0.15) is 69.4 Å². The van der Waals surface area contributed by atoms with E-state index in [2.05, 4.69) is 0 Å². The monoisotopic (exact) mass is 489 g/mol. The summed E-state index contributed by atoms with van der Waals surface area (Å²) >= 11 is 0. The topological polar surface area (TPSA) is 111 Å². The maximum atomic E-state index is 13.8. The molecule has 34 heavy (non-hydrogen) atoms. The Hall–Kier alpha value is -2.33. The van der Waals surface area contributed by atoms with E-state index < -0.39 is 37.9 Å². The number of nitrogens with one attached hydrogen (secondary N) is 1. The van der Waals surface area contributed by atoms with Crippen molar-refractivity contribution in [1.82, 2.24) is 0 Å². The van der Waals surface area contributed by atoms with Crippen LogP contribution in [0.15, 0.2) is 47.4 Å². The Morgan fingerprint density at radius 2 is 1.76 bits per heavy atom. The largest absolute Gasteiger partial charge is 0.619 e. The zero-order valence-corrected chi connectivity index (χ0v) is 21.1. The van der Waals surface area contributed by atoms with E-state index >= 15 is 0 Å². The number of benzene rings is 2. The second-order valence-corrected chi connectivity index (χ2v) is 10.7. The van der Waals surface area contributed by atoms with Crippen molar-refractivity contribution in [2.24, 2.45) is 0 Å². The average Bonchev–Trinajstić information content (AvgIpc) is 2.89. The van der Waals surface area contributed by atoms with Crippen molar-refractivity contribution in [3.05, 3.63) is 68.9 Å². The molecule has 1 aliphatic heterocycles. The molecule has 9 heteroatoms. The number of hydrogen-bond donors (Lipinski definition) is 2. The Labute approximate surface area is 203 Å². The number of hydrogen-bond acceptors (Lipinski definition) is 6. The highest BCUT2D eigenvalue weighted by Crippen LogP contribution is 2.42. The van der Waals surface area contributed by atoms with Crippen LogP contribution in [0.3, 0.4) is 0 Å². The lowest BCUT2D eigenvalue weighted by Gasteiger charge is -2.45. The summed E-state index contributed by atoms with van der Waals surface area (Å²) < 4.78 is 13.2. The number of aliphatic hydroxyl groups excluding tert-OH is 1. The standard InChI is InChI=1S/C25H35N3O5S/c1-5-7-14-25(15-8-6-2)24(29)23(18-10-9-11-20(16-18)27(30)31)21-17-19(26(3)4)12-13-22(21)34(33)28(25)32/h9-13,16-17,23-24,28-29H,5-8,14-15H2,1-4H3/t23-,24+,34?/m1/s1. The minimum Gasteiger partial charge on any atom is -0.619 e. The molecule has 4 atom stereocenters. The lowest BCUT2D eigenvalue weighted by Crippen LogP contribution is -3.17. The Bertz CT molecular complexity index is 1040. The Morgan fingerprint density at radius 1 is 1.12 bits per heavy atom. The number of unbranched alkanes of at least 4 members (excludes halogenated alkanes) is 2. The molecule has 2 N–H and O–H groups in total. The summed E-state index contributed by atoms with van der Waals surface area (Å²) in [6, 6.07) is 11.6. The van der Waals surface area contributed by atoms with E-state index in [-0.39, 0.29) is 5.69 Å². The van der Waals surface area contributed by atoms with Crippen LogP contribution in [0.4, 0.5) is 11.4 Å². The maximum absolute atomic E-state index is 13.8. The summed E-state index contributed by atoms with van der Waals surface area (Å²) in [7, 11) is 1.81. The van der Waals surface area contributed by atoms with Gasteiger partial charge in [-0.1, -0.05) is 38.8 Å². The molecule has 0 spiro atoms. The normalized spacial score (nSPS) is 23.7. The first kappa shape index (κ1) is 26.3. The van der Waals surface area contributed by atoms with Gasteiger partial charge in [-0.15, -0.1) is 0 Å². The number of hydroxylamine groups is 1. The first-order chi connectivity index (χ1) is 16.2. The molecule has 2 unspecified atom stereocenters. The summed E-state index contributed by atoms with van der Waals surface area (Å²) in [5, 5.41) is 37.4. The molecule has 0 bridgehead atoms. The average molecular weight is 490 g/mol. The molecule has 8 nitrogen and oxygen atoms in total. The van der Waals surface area contributed by atoms with Crippen LogP contribution in [0.2, 0.25) is 0 Å². The zero-order valence-electron chi connectivity index (χ0n) is 20.3. The summed E-state index contributed by atoms with van der Waals surface area (Å²) in [6.07, 6.45) is 2.78. The highest BCUT2D eigenvalue weighted by Gasteiger charge is 2.53. The van der Waals surface area contributed by atoms with Crippen molar-refractivity contribution in [2.75, 3.05) is 19.0 Å². The molecule has 0 aliphatic carbocycles. The zero-order chi connectivity index (χ0) is 25.0. The van der Waals surface area contributed by atoms with Gasteiger partial charge < -0.3 is 15.2 Å². The number of nitro benzene ring substituents is 1. The molecule has 186 valence electrons. The minimum absolute atomic E-state index is 0.0839. The molecule has 0 amide bonds. The van der Waals surface area contributed by atoms with E-state index in [0.29, 0.717) is 41.7 Å². The van der Waals surface area contributed by atoms with Gasteiger partial charge in [0.1, 0.15) is 11.6 Å². The second-order valence-electron chi connectivity index (χ2n) is 9.31. The molecule has 0 aromatic heterocycles. The smallest absolute Gasteiger partial charge is 0.269 e. The van der Waals surface area contributed by atoms with Crippen LogP contribution in [0.5, 0.6) is 0 Å². The van der Waals surface area contributed by atoms with E-state index in [1.807, 2.05) is 45.0 Å². The van der Waals surface area contributed by atoms with Gasteiger partial charge >= 0.3 is 0 Å². The summed E-state index contributed by atoms with van der Waals surface area (Å²) in [4.78, 5) is 13.3. The van der Waals surface area contributed by atoms with Crippen LogP contribution in [-0.2, 0) is 11.0 Å². The van der Waals surface area contributed by atoms with E-state index in [0.717, 1.165) is 18.5 Å². The Kier molecular flexibility index (Phi) is 8.46. The molecule has 0 fully saturated rings. The third kappa shape index (κ3) is 4.88. The highest BCUT2D eigenvalue weighted by molar-refractivity contribution is 7.78. The molecule has 2 aromatic rings. The van der Waals surface area contributed by atoms with Crippen LogP contribution in [0, 0.1) is 15.3 Å². The van der Waals surface area contributed by atoms with Gasteiger partial charge in [-0.2, -0.15) is 4.21 Å². The molecular formula is C25H35N3O5S. The summed E-state index contributed by atoms with van der Waals surface area (Å²) in [5.74, 6) is -0.723. The lowest BCUT2D eigenvalue weighted by molar-refractivity contribution is -0.782. The molecule has 0 radical (unpaired) electrons. The number of nitro groups is 1. The van der Waals surface area contributed by atoms with Gasteiger partial charge in [-0.25, -0.2) is 0 Å². The highest BCUT2D eigenvalue weighted by atomic mass is 32.2. The van der Waals surface area contributed by atoms with Gasteiger partial charge in [0.05, 0.1) is 9.82 Å². The van der Waals surface area contributed by atoms with Gasteiger partial charge in [0.25, 0.3) is 5.69 Å². The van der Waals surface area contributed by atoms with E-state index in [4.69, 9.17) is 0 Å². The van der Waals surface area contributed by atoms with Crippen molar-refractivity contribution in [2.45, 2.75) is 74.8 Å². The molecule has 3 rings (SSSR count). The molecule has 1 aliphatic rings. The van der Waals surface area contributed by atoms with Crippen LogP contribution >= 0.6 is 0 Å². The third-order valence-electron chi connectivity index (χ3n) is 6.89. The van der Waals surface area contributed by atoms with Gasteiger partial charge in [0.15, 0.2) is 0 Å². The van der Waals surface area contributed by atoms with Gasteiger partial charge in [-0.05, 0) is 42.2 Å². The minimum atomic E-state index is -1.96. The SMILES string of the molecule is CCCCC1(CCCC)[C@@H](O)[C@H](c2cccc([N+](=O)[O-])c2)c2cc(N(C)C)ccc2S(=O)[NH+]1[O-]. The maximum Gasteiger partial charge on any atom is 0.269 e. The van der Waals surface area contributed by atoms with Crippen LogP contribution in [-0.4, -0.2) is 40.0 Å². The predicted molar refractivity (Wildman–Crippen MR) is 134 cm³/mol. The van der Waals surface area contributed by atoms with Crippen molar-refractivity contribution in [3.8, 4) is 0 Å². The van der Waals surface area contributed by atoms with Crippen molar-refractivity contribution >= 4 is 22.4 Å². The Balaban J connectivity index is 2.32. The van der Waals surface area contributed by atoms with Gasteiger partial charge in [0, 0.05) is 50.7 Å². The molecular weight excluding hydrogens is 454 g/mol. The van der Waals surface area contributed by atoms with E-state index in [1.165, 1.54) is 12.1 Å². The van der Waals surface area contributed by atoms with Crippen molar-refractivity contribution in [3.63, 3.8) is 0 Å². The summed E-state index contributed by atoms with van der Waals surface area (Å²) in [6.45, 7) is 4.04. The first-order valence-corrected chi connectivity index (χ1v) is 13.0. The quantitative estimate of drug-likeness (QED) is 0.316. The molecule has 0 saturated carbocycles. The number of rotatable bonds is 9. The first-order valence-electron chi connectivity index (χ1n) is 11.9. The third-order valence-corrected chi connectivity index (χ3v) is 8.41. The fourth-order valence-corrected chi connectivity index (χ4v) is 6.41. The van der Waals surface area contributed by atoms with Crippen molar-refractivity contribution in [1.29, 1.82) is 0 Å². The van der Waals surface area contributed by atoms with Crippen LogP contribution in [0.25, 0.3) is 0 Å². The van der Waals surface area contributed by atoms with Gasteiger partial charge in [0.2, 0.25) is 11.0 Å². The fourth-order valence-electron chi connectivity index (χ4n) is 4.92. The molecule has 1 heterocycles. The number of nitrogens with zero attached hydrogens (tertiary/aromatic N) is 2. The number of non-ortho nitro benzene ring substituents is 1. The summed E-state index contributed by atoms with van der Waals surface area (Å²) in [5.41, 5.74) is 0.687. The number of fused-ring (bicyclic) bond motifs is 1. The van der Waals surface area contributed by atoms with Crippen LogP contribution < -0.4 is 9.37 Å². The number of anilines is 1. The molecule has 0 saturated heterocycles.